The van der Waals surface area contributed by atoms with Crippen LogP contribution in [0, 0.1) is 6.92 Å². The van der Waals surface area contributed by atoms with Crippen molar-refractivity contribution < 1.29 is 14.4 Å². The van der Waals surface area contributed by atoms with Crippen LogP contribution in [0.5, 0.6) is 0 Å². The van der Waals surface area contributed by atoms with Crippen LogP contribution in [0.4, 0.5) is 11.4 Å². The van der Waals surface area contributed by atoms with Crippen LogP contribution >= 0.6 is 35.0 Å². The molecular formula is C34H31Cl2N3O3S. The van der Waals surface area contributed by atoms with E-state index >= 15 is 0 Å². The summed E-state index contributed by atoms with van der Waals surface area (Å²) in [6.07, 6.45) is 2.27. The molecule has 4 aromatic carbocycles. The van der Waals surface area contributed by atoms with E-state index in [0.29, 0.717) is 26.9 Å². The Balaban J connectivity index is 1.47. The van der Waals surface area contributed by atoms with Gasteiger partial charge in [-0.3, -0.25) is 14.4 Å². The Morgan fingerprint density at radius 3 is 2.14 bits per heavy atom. The summed E-state index contributed by atoms with van der Waals surface area (Å²) in [6, 6.07) is 26.7. The molecule has 220 valence electrons. The maximum absolute atomic E-state index is 13.4. The highest BCUT2D eigenvalue weighted by Crippen LogP contribution is 2.29. The normalized spacial score (nSPS) is 11.9. The summed E-state index contributed by atoms with van der Waals surface area (Å²) in [4.78, 5) is 40.1. The number of hydrogen-bond donors (Lipinski definition) is 3. The van der Waals surface area contributed by atoms with E-state index < -0.39 is 11.8 Å². The van der Waals surface area contributed by atoms with Crippen LogP contribution in [0.25, 0.3) is 6.08 Å². The lowest BCUT2D eigenvalue weighted by Gasteiger charge is -2.16. The molecule has 9 heteroatoms. The van der Waals surface area contributed by atoms with Crippen molar-refractivity contribution in [1.29, 1.82) is 0 Å². The van der Waals surface area contributed by atoms with Gasteiger partial charge in [0, 0.05) is 37.4 Å². The maximum atomic E-state index is 13.4. The van der Waals surface area contributed by atoms with Gasteiger partial charge in [-0.1, -0.05) is 72.6 Å². The van der Waals surface area contributed by atoms with Crippen molar-refractivity contribution in [2.45, 2.75) is 37.3 Å². The van der Waals surface area contributed by atoms with Gasteiger partial charge in [0.25, 0.3) is 11.8 Å². The van der Waals surface area contributed by atoms with Crippen LogP contribution in [0.2, 0.25) is 10.0 Å². The molecule has 1 unspecified atom stereocenters. The number of amides is 3. The van der Waals surface area contributed by atoms with Gasteiger partial charge in [0.15, 0.2) is 0 Å². The van der Waals surface area contributed by atoms with Crippen molar-refractivity contribution >= 4 is 70.1 Å². The predicted molar refractivity (Wildman–Crippen MR) is 178 cm³/mol. The van der Waals surface area contributed by atoms with Gasteiger partial charge in [0.1, 0.15) is 5.70 Å². The molecule has 6 nitrogen and oxygen atoms in total. The highest BCUT2D eigenvalue weighted by Gasteiger charge is 2.19. The summed E-state index contributed by atoms with van der Waals surface area (Å²) in [5.41, 5.74) is 4.24. The Labute approximate surface area is 265 Å². The minimum atomic E-state index is -0.557. The minimum Gasteiger partial charge on any atom is -0.325 e. The van der Waals surface area contributed by atoms with Gasteiger partial charge in [-0.15, -0.1) is 11.8 Å². The average Bonchev–Trinajstić information content (AvgIpc) is 3.00. The van der Waals surface area contributed by atoms with E-state index in [1.165, 1.54) is 17.8 Å². The first-order chi connectivity index (χ1) is 20.7. The Kier molecular flexibility index (Phi) is 11.1. The number of aryl methyl sites for hydroxylation is 2. The first-order valence-electron chi connectivity index (χ1n) is 13.7. The van der Waals surface area contributed by atoms with Crippen molar-refractivity contribution in [2.75, 3.05) is 10.6 Å². The van der Waals surface area contributed by atoms with Gasteiger partial charge >= 0.3 is 0 Å². The molecule has 4 rings (SSSR count). The van der Waals surface area contributed by atoms with Gasteiger partial charge in [-0.2, -0.15) is 0 Å². The summed E-state index contributed by atoms with van der Waals surface area (Å²) < 4.78 is 0. The van der Waals surface area contributed by atoms with E-state index in [1.807, 2.05) is 44.2 Å². The fourth-order valence-corrected chi connectivity index (χ4v) is 5.61. The first-order valence-corrected chi connectivity index (χ1v) is 15.3. The zero-order chi connectivity index (χ0) is 30.9. The maximum Gasteiger partial charge on any atom is 0.272 e. The highest BCUT2D eigenvalue weighted by molar-refractivity contribution is 8.00. The topological polar surface area (TPSA) is 87.3 Å². The molecule has 0 aromatic heterocycles. The smallest absolute Gasteiger partial charge is 0.272 e. The number of rotatable bonds is 10. The molecule has 43 heavy (non-hydrogen) atoms. The van der Waals surface area contributed by atoms with E-state index in [4.69, 9.17) is 23.2 Å². The zero-order valence-electron chi connectivity index (χ0n) is 23.9. The van der Waals surface area contributed by atoms with Crippen LogP contribution in [0.3, 0.4) is 0 Å². The number of thioether (sulfide) groups is 1. The summed E-state index contributed by atoms with van der Waals surface area (Å²) in [5, 5.41) is 8.89. The standard InChI is InChI=1S/C34H31Cl2N3O3S/c1-4-23-13-8-10-21(2)31(23)39-32(40)22(3)43-26-18-16-25(17-19-26)37-34(42)30(20-27-28(35)14-9-15-29(27)36)38-33(41)24-11-6-5-7-12-24/h5-20,22H,4H2,1-3H3,(H,37,42)(H,38,41)(H,39,40)/b30-20-. The molecule has 0 saturated carbocycles. The predicted octanol–water partition coefficient (Wildman–Crippen LogP) is 8.39. The van der Waals surface area contributed by atoms with Gasteiger partial charge < -0.3 is 16.0 Å². The molecule has 0 fully saturated rings. The van der Waals surface area contributed by atoms with Gasteiger partial charge in [-0.05, 0) is 86.0 Å². The van der Waals surface area contributed by atoms with Crippen molar-refractivity contribution in [3.8, 4) is 0 Å². The number of anilines is 2. The number of benzene rings is 4. The zero-order valence-corrected chi connectivity index (χ0v) is 26.2. The molecular weight excluding hydrogens is 601 g/mol. The molecule has 3 N–H and O–H groups in total. The molecule has 3 amide bonds. The number of para-hydroxylation sites is 1. The molecule has 0 aliphatic rings. The number of hydrogen-bond acceptors (Lipinski definition) is 4. The van der Waals surface area contributed by atoms with Crippen LogP contribution in [-0.2, 0) is 16.0 Å². The molecule has 4 aromatic rings. The fraction of sp³-hybridized carbons (Fsp3) is 0.147. The Morgan fingerprint density at radius 2 is 1.49 bits per heavy atom. The van der Waals surface area contributed by atoms with Crippen LogP contribution in [-0.4, -0.2) is 23.0 Å². The molecule has 1 atom stereocenters. The first kappa shape index (κ1) is 31.9. The number of carbonyl (C=O) groups excluding carboxylic acids is 3. The number of nitrogens with one attached hydrogen (secondary N) is 3. The quantitative estimate of drug-likeness (QED) is 0.121. The summed E-state index contributed by atoms with van der Waals surface area (Å²) in [7, 11) is 0. The largest absolute Gasteiger partial charge is 0.325 e. The molecule has 0 aliphatic carbocycles. The lowest BCUT2D eigenvalue weighted by atomic mass is 10.1. The van der Waals surface area contributed by atoms with Crippen molar-refractivity contribution in [3.05, 3.63) is 129 Å². The lowest BCUT2D eigenvalue weighted by Crippen LogP contribution is -2.30. The third-order valence-corrected chi connectivity index (χ3v) is 8.37. The van der Waals surface area contributed by atoms with E-state index in [9.17, 15) is 14.4 Å². The Bertz CT molecular complexity index is 1640. The van der Waals surface area contributed by atoms with Gasteiger partial charge in [0.05, 0.1) is 5.25 Å². The van der Waals surface area contributed by atoms with Crippen molar-refractivity contribution in [1.82, 2.24) is 5.32 Å². The average molecular weight is 633 g/mol. The van der Waals surface area contributed by atoms with E-state index in [0.717, 1.165) is 28.1 Å². The number of halogens is 2. The summed E-state index contributed by atoms with van der Waals surface area (Å²) in [5.74, 6) is -1.10. The fourth-order valence-electron chi connectivity index (χ4n) is 4.24. The summed E-state index contributed by atoms with van der Waals surface area (Å²) >= 11 is 14.1. The second-order valence-electron chi connectivity index (χ2n) is 9.70. The SMILES string of the molecule is CCc1cccc(C)c1NC(=O)C(C)Sc1ccc(NC(=O)/C(=C/c2c(Cl)cccc2Cl)NC(=O)c2ccccc2)cc1. The molecule has 0 spiro atoms. The van der Waals surface area contributed by atoms with E-state index in [2.05, 4.69) is 22.9 Å². The van der Waals surface area contributed by atoms with Gasteiger partial charge in [-0.25, -0.2) is 0 Å². The van der Waals surface area contributed by atoms with Crippen LogP contribution in [0.1, 0.15) is 40.9 Å². The van der Waals surface area contributed by atoms with E-state index in [1.54, 1.807) is 60.7 Å². The monoisotopic (exact) mass is 631 g/mol. The third-order valence-electron chi connectivity index (χ3n) is 6.60. The number of carbonyl (C=O) groups is 3. The molecule has 0 bridgehead atoms. The van der Waals surface area contributed by atoms with Crippen molar-refractivity contribution in [3.63, 3.8) is 0 Å². The van der Waals surface area contributed by atoms with Crippen LogP contribution in [0.15, 0.2) is 102 Å². The highest BCUT2D eigenvalue weighted by atomic mass is 35.5. The second-order valence-corrected chi connectivity index (χ2v) is 11.9. The Hall–Kier alpha value is -4.04. The molecule has 0 aliphatic heterocycles. The van der Waals surface area contributed by atoms with Crippen molar-refractivity contribution in [2.24, 2.45) is 0 Å². The minimum absolute atomic E-state index is 0.0322. The lowest BCUT2D eigenvalue weighted by molar-refractivity contribution is -0.115. The second kappa shape index (κ2) is 14.9. The molecule has 0 heterocycles. The molecule has 0 radical (unpaired) electrons. The summed E-state index contributed by atoms with van der Waals surface area (Å²) in [6.45, 7) is 5.90. The van der Waals surface area contributed by atoms with Crippen LogP contribution < -0.4 is 16.0 Å². The Morgan fingerprint density at radius 1 is 0.837 bits per heavy atom. The van der Waals surface area contributed by atoms with Gasteiger partial charge in [0.2, 0.25) is 5.91 Å². The third kappa shape index (κ3) is 8.51. The molecule has 0 saturated heterocycles. The van der Waals surface area contributed by atoms with E-state index in [-0.39, 0.29) is 16.9 Å².